The third-order valence-electron chi connectivity index (χ3n) is 9.72. The minimum Gasteiger partial charge on any atom is -0.208 e. The van der Waals surface area contributed by atoms with Crippen molar-refractivity contribution in [2.24, 2.45) is 0 Å². The van der Waals surface area contributed by atoms with Crippen LogP contribution in [0.2, 0.25) is 0 Å². The predicted octanol–water partition coefficient (Wildman–Crippen LogP) is 12.9. The molecular formula is C47H29N3S. The monoisotopic (exact) mass is 667 g/mol. The zero-order valence-corrected chi connectivity index (χ0v) is 28.3. The Morgan fingerprint density at radius 2 is 0.843 bits per heavy atom. The lowest BCUT2D eigenvalue weighted by Gasteiger charge is -2.13. The van der Waals surface area contributed by atoms with Crippen LogP contribution < -0.4 is 0 Å². The third-order valence-corrected chi connectivity index (χ3v) is 10.9. The molecule has 0 amide bonds. The quantitative estimate of drug-likeness (QED) is 0.171. The topological polar surface area (TPSA) is 38.7 Å². The van der Waals surface area contributed by atoms with Crippen LogP contribution in [0.15, 0.2) is 176 Å². The van der Waals surface area contributed by atoms with Gasteiger partial charge >= 0.3 is 0 Å². The second-order valence-electron chi connectivity index (χ2n) is 12.8. The van der Waals surface area contributed by atoms with Gasteiger partial charge in [0.25, 0.3) is 0 Å². The van der Waals surface area contributed by atoms with Crippen molar-refractivity contribution in [3.63, 3.8) is 0 Å². The van der Waals surface area contributed by atoms with Crippen molar-refractivity contribution in [2.45, 2.75) is 0 Å². The molecule has 3 nitrogen and oxygen atoms in total. The minimum absolute atomic E-state index is 0.643. The molecule has 0 N–H and O–H groups in total. The summed E-state index contributed by atoms with van der Waals surface area (Å²) >= 11 is 1.84. The first-order valence-corrected chi connectivity index (χ1v) is 17.9. The van der Waals surface area contributed by atoms with Gasteiger partial charge in [0.05, 0.1) is 0 Å². The Morgan fingerprint density at radius 1 is 0.294 bits per heavy atom. The average molecular weight is 668 g/mol. The Hall–Kier alpha value is -6.49. The maximum Gasteiger partial charge on any atom is 0.164 e. The van der Waals surface area contributed by atoms with E-state index in [1.54, 1.807) is 0 Å². The average Bonchev–Trinajstić information content (AvgIpc) is 3.59. The molecule has 0 spiro atoms. The van der Waals surface area contributed by atoms with Crippen molar-refractivity contribution >= 4 is 53.1 Å². The summed E-state index contributed by atoms with van der Waals surface area (Å²) in [4.78, 5) is 15.1. The summed E-state index contributed by atoms with van der Waals surface area (Å²) < 4.78 is 2.62. The summed E-state index contributed by atoms with van der Waals surface area (Å²) in [5, 5.41) is 7.55. The van der Waals surface area contributed by atoms with Gasteiger partial charge in [-0.1, -0.05) is 146 Å². The molecule has 0 unspecified atom stereocenters. The van der Waals surface area contributed by atoms with E-state index >= 15 is 0 Å². The highest BCUT2D eigenvalue weighted by Crippen LogP contribution is 2.38. The van der Waals surface area contributed by atoms with Gasteiger partial charge in [-0.3, -0.25) is 0 Å². The second kappa shape index (κ2) is 12.1. The molecule has 51 heavy (non-hydrogen) atoms. The maximum atomic E-state index is 5.10. The fourth-order valence-corrected chi connectivity index (χ4v) is 8.27. The molecule has 4 heteroatoms. The van der Waals surface area contributed by atoms with Gasteiger partial charge in [-0.15, -0.1) is 11.3 Å². The predicted molar refractivity (Wildman–Crippen MR) is 215 cm³/mol. The minimum atomic E-state index is 0.643. The smallest absolute Gasteiger partial charge is 0.164 e. The highest BCUT2D eigenvalue weighted by atomic mass is 32.1. The molecule has 0 aliphatic heterocycles. The van der Waals surface area contributed by atoms with Crippen LogP contribution >= 0.6 is 11.3 Å². The summed E-state index contributed by atoms with van der Waals surface area (Å²) in [6.07, 6.45) is 0. The Labute approximate surface area is 299 Å². The number of fused-ring (bicyclic) bond motifs is 6. The van der Waals surface area contributed by atoms with Crippen LogP contribution in [0.25, 0.3) is 98.1 Å². The zero-order chi connectivity index (χ0) is 33.7. The summed E-state index contributed by atoms with van der Waals surface area (Å²) in [5.74, 6) is 1.94. The molecule has 2 heterocycles. The lowest BCUT2D eigenvalue weighted by atomic mass is 9.92. The van der Waals surface area contributed by atoms with Crippen molar-refractivity contribution in [1.82, 2.24) is 15.0 Å². The summed E-state index contributed by atoms with van der Waals surface area (Å²) in [6.45, 7) is 0. The van der Waals surface area contributed by atoms with E-state index in [1.165, 1.54) is 52.8 Å². The molecule has 10 aromatic rings. The van der Waals surface area contributed by atoms with Crippen LogP contribution in [0, 0.1) is 0 Å². The van der Waals surface area contributed by atoms with Gasteiger partial charge in [-0.2, -0.15) is 0 Å². The van der Waals surface area contributed by atoms with Crippen LogP contribution in [-0.2, 0) is 0 Å². The van der Waals surface area contributed by atoms with Crippen LogP contribution in [0.3, 0.4) is 0 Å². The zero-order valence-electron chi connectivity index (χ0n) is 27.5. The summed E-state index contributed by atoms with van der Waals surface area (Å²) in [7, 11) is 0. The van der Waals surface area contributed by atoms with E-state index in [4.69, 9.17) is 15.0 Å². The third kappa shape index (κ3) is 5.25. The molecule has 0 bridgehead atoms. The van der Waals surface area contributed by atoms with E-state index in [0.717, 1.165) is 27.8 Å². The lowest BCUT2D eigenvalue weighted by Crippen LogP contribution is -2.00. The van der Waals surface area contributed by atoms with Gasteiger partial charge in [-0.05, 0) is 74.1 Å². The molecule has 0 aliphatic rings. The van der Waals surface area contributed by atoms with Gasteiger partial charge in [-0.25, -0.2) is 15.0 Å². The van der Waals surface area contributed by atoms with Crippen LogP contribution in [-0.4, -0.2) is 15.0 Å². The highest BCUT2D eigenvalue weighted by molar-refractivity contribution is 7.25. The number of benzene rings is 8. The van der Waals surface area contributed by atoms with Crippen molar-refractivity contribution < 1.29 is 0 Å². The normalized spacial score (nSPS) is 11.5. The first kappa shape index (κ1) is 29.4. The molecular weight excluding hydrogens is 639 g/mol. The molecule has 2 aromatic heterocycles. The van der Waals surface area contributed by atoms with Crippen molar-refractivity contribution in [3.8, 4) is 56.4 Å². The molecule has 8 aromatic carbocycles. The Morgan fingerprint density at radius 3 is 1.65 bits per heavy atom. The molecule has 0 fully saturated rings. The van der Waals surface area contributed by atoms with Crippen LogP contribution in [0.1, 0.15) is 0 Å². The summed E-state index contributed by atoms with van der Waals surface area (Å²) in [6, 6.07) is 62.2. The largest absolute Gasteiger partial charge is 0.208 e. The first-order chi connectivity index (χ1) is 25.2. The number of thiophene rings is 1. The van der Waals surface area contributed by atoms with Crippen molar-refractivity contribution in [1.29, 1.82) is 0 Å². The molecule has 0 radical (unpaired) electrons. The van der Waals surface area contributed by atoms with Gasteiger partial charge in [0.2, 0.25) is 0 Å². The van der Waals surface area contributed by atoms with E-state index in [0.29, 0.717) is 17.5 Å². The Bertz CT molecular complexity index is 2910. The maximum absolute atomic E-state index is 5.10. The molecule has 0 saturated carbocycles. The SMILES string of the molecule is c1ccc(-c2nc(-c3ccc(-c4ccc5sc6ccccc6c5c4)cc3)nc(-c3cccc(-c4cc5ccccc5c5ccccc45)c3)n2)cc1. The van der Waals surface area contributed by atoms with Crippen LogP contribution in [0.5, 0.6) is 0 Å². The number of hydrogen-bond donors (Lipinski definition) is 0. The molecule has 0 saturated heterocycles. The molecule has 0 aliphatic carbocycles. The second-order valence-corrected chi connectivity index (χ2v) is 13.9. The number of aromatic nitrogens is 3. The molecule has 0 atom stereocenters. The Kier molecular flexibility index (Phi) is 7.00. The van der Waals surface area contributed by atoms with E-state index < -0.39 is 0 Å². The summed E-state index contributed by atoms with van der Waals surface area (Å²) in [5.41, 5.74) is 7.50. The number of nitrogens with zero attached hydrogens (tertiary/aromatic N) is 3. The Balaban J connectivity index is 1.07. The standard InChI is InChI=1S/C47H29N3S/c1-2-11-31(12-3-1)45-48-46(32-23-21-30(22-24-32)33-25-26-44-42(28-33)40-19-8-9-20-43(40)51-44)50-47(49-45)36-15-10-14-34(27-36)41-29-35-13-4-5-16-37(35)38-17-6-7-18-39(38)41/h1-29H. The van der Waals surface area contributed by atoms with E-state index in [9.17, 15) is 0 Å². The van der Waals surface area contributed by atoms with E-state index in [1.807, 2.05) is 41.7 Å². The first-order valence-electron chi connectivity index (χ1n) is 17.1. The van der Waals surface area contributed by atoms with Gasteiger partial charge in [0.1, 0.15) is 0 Å². The fraction of sp³-hybridized carbons (Fsp3) is 0. The highest BCUT2D eigenvalue weighted by Gasteiger charge is 2.15. The van der Waals surface area contributed by atoms with Crippen LogP contribution in [0.4, 0.5) is 0 Å². The van der Waals surface area contributed by atoms with Gasteiger partial charge in [0, 0.05) is 36.9 Å². The van der Waals surface area contributed by atoms with Gasteiger partial charge in [0.15, 0.2) is 17.5 Å². The number of hydrogen-bond acceptors (Lipinski definition) is 4. The molecule has 10 rings (SSSR count). The fourth-order valence-electron chi connectivity index (χ4n) is 7.19. The van der Waals surface area contributed by atoms with Crippen molar-refractivity contribution in [3.05, 3.63) is 176 Å². The number of rotatable bonds is 5. The van der Waals surface area contributed by atoms with E-state index in [2.05, 4.69) is 146 Å². The lowest BCUT2D eigenvalue weighted by molar-refractivity contribution is 1.07. The van der Waals surface area contributed by atoms with Crippen molar-refractivity contribution in [2.75, 3.05) is 0 Å². The van der Waals surface area contributed by atoms with E-state index in [-0.39, 0.29) is 0 Å². The molecule has 238 valence electrons. The van der Waals surface area contributed by atoms with Gasteiger partial charge < -0.3 is 0 Å².